The van der Waals surface area contributed by atoms with Crippen LogP contribution in [-0.4, -0.2) is 32.0 Å². The van der Waals surface area contributed by atoms with Gasteiger partial charge in [0.2, 0.25) is 5.91 Å². The Bertz CT molecular complexity index is 350. The van der Waals surface area contributed by atoms with Crippen molar-refractivity contribution < 1.29 is 9.53 Å². The second-order valence-electron chi connectivity index (χ2n) is 3.54. The maximum atomic E-state index is 11.0. The highest BCUT2D eigenvalue weighted by atomic mass is 16.5. The lowest BCUT2D eigenvalue weighted by molar-refractivity contribution is -0.00543. The Kier molecular flexibility index (Phi) is 3.82. The topological polar surface area (TPSA) is 55.6 Å². The van der Waals surface area contributed by atoms with E-state index in [0.29, 0.717) is 5.56 Å². The van der Waals surface area contributed by atoms with E-state index in [1.165, 1.54) is 0 Å². The number of primary amides is 1. The van der Waals surface area contributed by atoms with Gasteiger partial charge in [0, 0.05) is 12.7 Å². The van der Waals surface area contributed by atoms with Crippen LogP contribution in [0.3, 0.4) is 0 Å². The van der Waals surface area contributed by atoms with E-state index in [4.69, 9.17) is 10.5 Å². The third-order valence-corrected chi connectivity index (χ3v) is 2.15. The summed E-state index contributed by atoms with van der Waals surface area (Å²) in [4.78, 5) is 12.9. The Balaban J connectivity index is 3.03. The van der Waals surface area contributed by atoms with Gasteiger partial charge in [0.05, 0.1) is 0 Å². The van der Waals surface area contributed by atoms with Crippen LogP contribution in [0.1, 0.15) is 22.1 Å². The standard InChI is InChI=1S/C11H16N2O2/c1-13(2)11(15-3)9-6-4-5-8(7-9)10(12)14/h4-7,11H,1-3H3,(H2,12,14). The zero-order valence-electron chi connectivity index (χ0n) is 9.23. The van der Waals surface area contributed by atoms with Crippen molar-refractivity contribution >= 4 is 5.91 Å². The third-order valence-electron chi connectivity index (χ3n) is 2.15. The zero-order chi connectivity index (χ0) is 11.4. The van der Waals surface area contributed by atoms with Crippen molar-refractivity contribution in [2.75, 3.05) is 21.2 Å². The number of carbonyl (C=O) groups is 1. The molecule has 0 saturated heterocycles. The lowest BCUT2D eigenvalue weighted by Gasteiger charge is -2.23. The fourth-order valence-corrected chi connectivity index (χ4v) is 1.49. The molecule has 0 radical (unpaired) electrons. The third kappa shape index (κ3) is 2.78. The predicted octanol–water partition coefficient (Wildman–Crippen LogP) is 0.992. The van der Waals surface area contributed by atoms with Gasteiger partial charge in [-0.05, 0) is 31.8 Å². The maximum Gasteiger partial charge on any atom is 0.248 e. The molecule has 15 heavy (non-hydrogen) atoms. The number of nitrogens with zero attached hydrogens (tertiary/aromatic N) is 1. The van der Waals surface area contributed by atoms with E-state index < -0.39 is 5.91 Å². The Morgan fingerprint density at radius 2 is 2.13 bits per heavy atom. The van der Waals surface area contributed by atoms with Gasteiger partial charge in [-0.25, -0.2) is 0 Å². The van der Waals surface area contributed by atoms with E-state index in [1.807, 2.05) is 25.1 Å². The Labute approximate surface area is 89.6 Å². The lowest BCUT2D eigenvalue weighted by atomic mass is 10.1. The molecule has 1 unspecified atom stereocenters. The van der Waals surface area contributed by atoms with Gasteiger partial charge in [0.1, 0.15) is 6.23 Å². The van der Waals surface area contributed by atoms with Crippen LogP contribution in [0.15, 0.2) is 24.3 Å². The minimum Gasteiger partial charge on any atom is -0.366 e. The van der Waals surface area contributed by atoms with E-state index in [9.17, 15) is 4.79 Å². The first-order valence-electron chi connectivity index (χ1n) is 4.65. The normalized spacial score (nSPS) is 12.8. The highest BCUT2D eigenvalue weighted by Gasteiger charge is 2.13. The molecule has 0 bridgehead atoms. The largest absolute Gasteiger partial charge is 0.366 e. The first kappa shape index (κ1) is 11.7. The molecule has 0 aliphatic carbocycles. The smallest absolute Gasteiger partial charge is 0.248 e. The number of hydrogen-bond donors (Lipinski definition) is 1. The van der Waals surface area contributed by atoms with Gasteiger partial charge < -0.3 is 10.5 Å². The van der Waals surface area contributed by atoms with Crippen LogP contribution in [-0.2, 0) is 4.74 Å². The molecule has 0 fully saturated rings. The van der Waals surface area contributed by atoms with Crippen molar-refractivity contribution in [3.8, 4) is 0 Å². The molecule has 2 N–H and O–H groups in total. The number of nitrogens with two attached hydrogens (primary N) is 1. The minimum absolute atomic E-state index is 0.163. The van der Waals surface area contributed by atoms with Gasteiger partial charge in [-0.3, -0.25) is 9.69 Å². The van der Waals surface area contributed by atoms with E-state index in [2.05, 4.69) is 0 Å². The van der Waals surface area contributed by atoms with Crippen molar-refractivity contribution in [3.05, 3.63) is 35.4 Å². The lowest BCUT2D eigenvalue weighted by Crippen LogP contribution is -2.22. The highest BCUT2D eigenvalue weighted by molar-refractivity contribution is 5.92. The number of amides is 1. The Morgan fingerprint density at radius 3 is 2.60 bits per heavy atom. The second kappa shape index (κ2) is 4.91. The summed E-state index contributed by atoms with van der Waals surface area (Å²) < 4.78 is 5.31. The average molecular weight is 208 g/mol. The van der Waals surface area contributed by atoms with Gasteiger partial charge in [-0.15, -0.1) is 0 Å². The summed E-state index contributed by atoms with van der Waals surface area (Å²) in [6.07, 6.45) is -0.163. The Morgan fingerprint density at radius 1 is 1.47 bits per heavy atom. The van der Waals surface area contributed by atoms with Gasteiger partial charge in [0.15, 0.2) is 0 Å². The molecule has 1 atom stereocenters. The summed E-state index contributed by atoms with van der Waals surface area (Å²) >= 11 is 0. The van der Waals surface area contributed by atoms with E-state index >= 15 is 0 Å². The van der Waals surface area contributed by atoms with Crippen molar-refractivity contribution in [3.63, 3.8) is 0 Å². The zero-order valence-corrected chi connectivity index (χ0v) is 9.23. The van der Waals surface area contributed by atoms with Gasteiger partial charge >= 0.3 is 0 Å². The minimum atomic E-state index is -0.426. The number of benzene rings is 1. The SMILES string of the molecule is COC(c1cccc(C(N)=O)c1)N(C)C. The van der Waals surface area contributed by atoms with Gasteiger partial charge in [0.25, 0.3) is 0 Å². The fraction of sp³-hybridized carbons (Fsp3) is 0.364. The van der Waals surface area contributed by atoms with Crippen LogP contribution < -0.4 is 5.73 Å². The maximum absolute atomic E-state index is 11.0. The second-order valence-corrected chi connectivity index (χ2v) is 3.54. The molecular weight excluding hydrogens is 192 g/mol. The molecule has 4 nitrogen and oxygen atoms in total. The first-order chi connectivity index (χ1) is 7.06. The van der Waals surface area contributed by atoms with Crippen LogP contribution >= 0.6 is 0 Å². The van der Waals surface area contributed by atoms with Crippen LogP contribution in [0.5, 0.6) is 0 Å². The molecule has 0 heterocycles. The summed E-state index contributed by atoms with van der Waals surface area (Å²) in [5, 5.41) is 0. The molecule has 0 aliphatic heterocycles. The number of carbonyl (C=O) groups excluding carboxylic acids is 1. The quantitative estimate of drug-likeness (QED) is 0.751. The summed E-state index contributed by atoms with van der Waals surface area (Å²) in [7, 11) is 5.44. The monoisotopic (exact) mass is 208 g/mol. The van der Waals surface area contributed by atoms with E-state index in [-0.39, 0.29) is 6.23 Å². The number of methoxy groups -OCH3 is 1. The van der Waals surface area contributed by atoms with Crippen molar-refractivity contribution in [2.45, 2.75) is 6.23 Å². The molecule has 1 rings (SSSR count). The first-order valence-corrected chi connectivity index (χ1v) is 4.65. The highest BCUT2D eigenvalue weighted by Crippen LogP contribution is 2.19. The molecule has 1 amide bonds. The summed E-state index contributed by atoms with van der Waals surface area (Å²) in [5.41, 5.74) is 6.62. The summed E-state index contributed by atoms with van der Waals surface area (Å²) in [6.45, 7) is 0. The summed E-state index contributed by atoms with van der Waals surface area (Å²) in [5.74, 6) is -0.426. The van der Waals surface area contributed by atoms with Crippen molar-refractivity contribution in [2.24, 2.45) is 5.73 Å². The van der Waals surface area contributed by atoms with Gasteiger partial charge in [-0.2, -0.15) is 0 Å². The molecular formula is C11H16N2O2. The summed E-state index contributed by atoms with van der Waals surface area (Å²) in [6, 6.07) is 7.14. The van der Waals surface area contributed by atoms with E-state index in [0.717, 1.165) is 5.56 Å². The fourth-order valence-electron chi connectivity index (χ4n) is 1.49. The molecule has 0 aliphatic rings. The average Bonchev–Trinajstić information content (AvgIpc) is 2.18. The predicted molar refractivity (Wildman–Crippen MR) is 58.4 cm³/mol. The molecule has 0 aromatic heterocycles. The number of rotatable bonds is 4. The molecule has 1 aromatic rings. The molecule has 0 saturated carbocycles. The van der Waals surface area contributed by atoms with Crippen LogP contribution in [0.25, 0.3) is 0 Å². The van der Waals surface area contributed by atoms with Crippen LogP contribution in [0.2, 0.25) is 0 Å². The van der Waals surface area contributed by atoms with E-state index in [1.54, 1.807) is 25.3 Å². The van der Waals surface area contributed by atoms with Gasteiger partial charge in [-0.1, -0.05) is 12.1 Å². The van der Waals surface area contributed by atoms with Crippen molar-refractivity contribution in [1.82, 2.24) is 4.90 Å². The molecule has 82 valence electrons. The molecule has 1 aromatic carbocycles. The Hall–Kier alpha value is -1.39. The van der Waals surface area contributed by atoms with Crippen LogP contribution in [0, 0.1) is 0 Å². The molecule has 0 spiro atoms. The van der Waals surface area contributed by atoms with Crippen LogP contribution in [0.4, 0.5) is 0 Å². The number of hydrogen-bond acceptors (Lipinski definition) is 3. The molecule has 4 heteroatoms. The van der Waals surface area contributed by atoms with Crippen molar-refractivity contribution in [1.29, 1.82) is 0 Å². The number of ether oxygens (including phenoxy) is 1.